The average Bonchev–Trinajstić information content (AvgIpc) is 2.72. The maximum absolute atomic E-state index is 12.2. The largest absolute Gasteiger partial charge is 0.478 e. The number of nitrogens with one attached hydrogen (secondary N) is 1. The molecule has 0 fully saturated rings. The topological polar surface area (TPSA) is 83.5 Å². The summed E-state index contributed by atoms with van der Waals surface area (Å²) in [5.74, 6) is -1.29. The predicted octanol–water partition coefficient (Wildman–Crippen LogP) is 4.32. The van der Waals surface area contributed by atoms with Crippen molar-refractivity contribution in [3.05, 3.63) is 43.7 Å². The molecule has 0 aliphatic heterocycles. The Morgan fingerprint density at radius 1 is 1.29 bits per heavy atom. The molecule has 1 aromatic heterocycles. The number of halogens is 3. The van der Waals surface area contributed by atoms with Gasteiger partial charge < -0.3 is 5.11 Å². The highest BCUT2D eigenvalue weighted by atomic mass is 79.9. The summed E-state index contributed by atoms with van der Waals surface area (Å²) in [6.07, 6.45) is 0. The fraction of sp³-hybridized carbons (Fsp3) is 0. The van der Waals surface area contributed by atoms with Gasteiger partial charge in [-0.05, 0) is 40.2 Å². The van der Waals surface area contributed by atoms with Gasteiger partial charge in [-0.1, -0.05) is 23.2 Å². The lowest BCUT2D eigenvalue weighted by Gasteiger charge is -2.09. The molecule has 2 aromatic rings. The van der Waals surface area contributed by atoms with E-state index < -0.39 is 16.0 Å². The normalized spacial score (nSPS) is 11.4. The third-order valence-electron chi connectivity index (χ3n) is 2.34. The first kappa shape index (κ1) is 16.6. The molecule has 0 saturated heterocycles. The third kappa shape index (κ3) is 3.70. The Labute approximate surface area is 142 Å². The molecule has 0 spiro atoms. The van der Waals surface area contributed by atoms with Gasteiger partial charge in [0.15, 0.2) is 0 Å². The number of aromatic carboxylic acids is 1. The first-order valence-corrected chi connectivity index (χ1v) is 9.06. The van der Waals surface area contributed by atoms with Crippen molar-refractivity contribution in [3.8, 4) is 0 Å². The van der Waals surface area contributed by atoms with E-state index in [1.54, 1.807) is 0 Å². The van der Waals surface area contributed by atoms with Crippen molar-refractivity contribution in [1.82, 2.24) is 0 Å². The van der Waals surface area contributed by atoms with Gasteiger partial charge in [-0.25, -0.2) is 13.2 Å². The van der Waals surface area contributed by atoms with Crippen LogP contribution in [0.5, 0.6) is 0 Å². The number of sulfonamides is 1. The highest BCUT2D eigenvalue weighted by Gasteiger charge is 2.22. The molecule has 0 amide bonds. The van der Waals surface area contributed by atoms with Crippen LogP contribution in [0.3, 0.4) is 0 Å². The standard InChI is InChI=1S/C11H6BrCl2NO4S2/c12-10-7(14)4-9(20-10)21(18,19)15-8-2-1-5(13)3-6(8)11(16)17/h1-4,15H,(H,16,17). The molecule has 0 radical (unpaired) electrons. The minimum atomic E-state index is -3.94. The van der Waals surface area contributed by atoms with Crippen molar-refractivity contribution >= 4 is 72.1 Å². The van der Waals surface area contributed by atoms with Gasteiger partial charge in [-0.15, -0.1) is 11.3 Å². The molecule has 2 N–H and O–H groups in total. The minimum Gasteiger partial charge on any atom is -0.478 e. The van der Waals surface area contributed by atoms with Crippen molar-refractivity contribution in [2.45, 2.75) is 4.21 Å². The number of hydrogen-bond acceptors (Lipinski definition) is 4. The maximum Gasteiger partial charge on any atom is 0.337 e. The van der Waals surface area contributed by atoms with E-state index in [9.17, 15) is 13.2 Å². The lowest BCUT2D eigenvalue weighted by molar-refractivity contribution is 0.0698. The Kier molecular flexibility index (Phi) is 4.84. The quantitative estimate of drug-likeness (QED) is 0.756. The molecule has 0 bridgehead atoms. The van der Waals surface area contributed by atoms with Crippen LogP contribution < -0.4 is 4.72 Å². The summed E-state index contributed by atoms with van der Waals surface area (Å²) in [5, 5.41) is 9.54. The number of anilines is 1. The average molecular weight is 431 g/mol. The molecule has 0 atom stereocenters. The number of hydrogen-bond donors (Lipinski definition) is 2. The van der Waals surface area contributed by atoms with Crippen molar-refractivity contribution in [3.63, 3.8) is 0 Å². The van der Waals surface area contributed by atoms with Gasteiger partial charge in [-0.2, -0.15) is 0 Å². The second-order valence-corrected chi connectivity index (χ2v) is 8.91. The van der Waals surface area contributed by atoms with Crippen molar-refractivity contribution in [2.75, 3.05) is 4.72 Å². The van der Waals surface area contributed by atoms with Crippen LogP contribution >= 0.6 is 50.5 Å². The highest BCUT2D eigenvalue weighted by molar-refractivity contribution is 9.11. The van der Waals surface area contributed by atoms with E-state index in [1.165, 1.54) is 24.3 Å². The Morgan fingerprint density at radius 2 is 1.95 bits per heavy atom. The van der Waals surface area contributed by atoms with E-state index in [0.29, 0.717) is 3.79 Å². The van der Waals surface area contributed by atoms with Gasteiger partial charge in [0.2, 0.25) is 0 Å². The second kappa shape index (κ2) is 6.13. The highest BCUT2D eigenvalue weighted by Crippen LogP contribution is 2.35. The number of rotatable bonds is 4. The number of carbonyl (C=O) groups is 1. The SMILES string of the molecule is O=C(O)c1cc(Cl)ccc1NS(=O)(=O)c1cc(Cl)c(Br)s1. The zero-order valence-corrected chi connectivity index (χ0v) is 14.7. The molecule has 5 nitrogen and oxygen atoms in total. The summed E-state index contributed by atoms with van der Waals surface area (Å²) < 4.78 is 27.1. The first-order chi connectivity index (χ1) is 9.70. The molecular formula is C11H6BrCl2NO4S2. The van der Waals surface area contributed by atoms with Gasteiger partial charge in [-0.3, -0.25) is 4.72 Å². The molecule has 0 unspecified atom stereocenters. The molecule has 21 heavy (non-hydrogen) atoms. The van der Waals surface area contributed by atoms with Crippen LogP contribution in [0.25, 0.3) is 0 Å². The van der Waals surface area contributed by atoms with Crippen LogP contribution in [0.2, 0.25) is 10.0 Å². The molecular weight excluding hydrogens is 425 g/mol. The van der Waals surface area contributed by atoms with E-state index in [0.717, 1.165) is 11.3 Å². The smallest absolute Gasteiger partial charge is 0.337 e. The fourth-order valence-electron chi connectivity index (χ4n) is 1.44. The molecule has 10 heteroatoms. The number of benzene rings is 1. The van der Waals surface area contributed by atoms with Gasteiger partial charge >= 0.3 is 5.97 Å². The third-order valence-corrected chi connectivity index (χ3v) is 6.89. The van der Waals surface area contributed by atoms with Crippen LogP contribution in [-0.4, -0.2) is 19.5 Å². The van der Waals surface area contributed by atoms with E-state index >= 15 is 0 Å². The van der Waals surface area contributed by atoms with Gasteiger partial charge in [0.1, 0.15) is 4.21 Å². The minimum absolute atomic E-state index is 0.0364. The molecule has 1 aromatic carbocycles. The molecule has 2 rings (SSSR count). The van der Waals surface area contributed by atoms with Crippen molar-refractivity contribution in [2.24, 2.45) is 0 Å². The molecule has 0 saturated carbocycles. The lowest BCUT2D eigenvalue weighted by atomic mass is 10.2. The van der Waals surface area contributed by atoms with Gasteiger partial charge in [0.25, 0.3) is 10.0 Å². The van der Waals surface area contributed by atoms with E-state index in [2.05, 4.69) is 20.7 Å². The van der Waals surface area contributed by atoms with Crippen LogP contribution in [0.15, 0.2) is 32.3 Å². The lowest BCUT2D eigenvalue weighted by Crippen LogP contribution is -2.14. The van der Waals surface area contributed by atoms with Crippen molar-refractivity contribution in [1.29, 1.82) is 0 Å². The molecule has 112 valence electrons. The van der Waals surface area contributed by atoms with Crippen LogP contribution in [0.4, 0.5) is 5.69 Å². The number of carboxylic acid groups (broad SMARTS) is 1. The van der Waals surface area contributed by atoms with Crippen LogP contribution in [0.1, 0.15) is 10.4 Å². The van der Waals surface area contributed by atoms with E-state index in [4.69, 9.17) is 28.3 Å². The van der Waals surface area contributed by atoms with Crippen molar-refractivity contribution < 1.29 is 18.3 Å². The summed E-state index contributed by atoms with van der Waals surface area (Å²) in [5.41, 5.74) is -0.319. The Balaban J connectivity index is 2.44. The van der Waals surface area contributed by atoms with E-state index in [1.807, 2.05) is 0 Å². The summed E-state index contributed by atoms with van der Waals surface area (Å²) in [4.78, 5) is 11.1. The summed E-state index contributed by atoms with van der Waals surface area (Å²) in [6.45, 7) is 0. The monoisotopic (exact) mass is 429 g/mol. The summed E-state index contributed by atoms with van der Waals surface area (Å²) >= 11 is 15.6. The predicted molar refractivity (Wildman–Crippen MR) is 86.2 cm³/mol. The fourth-order valence-corrected chi connectivity index (χ4v) is 5.09. The van der Waals surface area contributed by atoms with Gasteiger partial charge in [0, 0.05) is 5.02 Å². The second-order valence-electron chi connectivity index (χ2n) is 3.79. The number of carboxylic acids is 1. The molecule has 1 heterocycles. The summed E-state index contributed by atoms with van der Waals surface area (Å²) in [7, 11) is -3.94. The number of thiophene rings is 1. The van der Waals surface area contributed by atoms with Crippen LogP contribution in [0, 0.1) is 0 Å². The van der Waals surface area contributed by atoms with Crippen LogP contribution in [-0.2, 0) is 10.0 Å². The Bertz CT molecular complexity index is 800. The van der Waals surface area contributed by atoms with E-state index in [-0.39, 0.29) is 25.5 Å². The Morgan fingerprint density at radius 3 is 2.48 bits per heavy atom. The zero-order chi connectivity index (χ0) is 15.8. The van der Waals surface area contributed by atoms with Gasteiger partial charge in [0.05, 0.1) is 20.1 Å². The maximum atomic E-state index is 12.2. The summed E-state index contributed by atoms with van der Waals surface area (Å²) in [6, 6.07) is 5.12. The molecule has 0 aliphatic rings. The zero-order valence-electron chi connectivity index (χ0n) is 9.93. The first-order valence-electron chi connectivity index (χ1n) is 5.21. The Hall–Kier alpha value is -0.800. The molecule has 0 aliphatic carbocycles.